The second kappa shape index (κ2) is 7.83. The second-order valence-corrected chi connectivity index (χ2v) is 5.93. The SMILES string of the molecule is CCc1cccc(CC)c1Nc1cc(C)nc(NCc2ccco2)n1. The quantitative estimate of drug-likeness (QED) is 0.645. The van der Waals surface area contributed by atoms with Gasteiger partial charge in [0.15, 0.2) is 0 Å². The number of nitrogens with one attached hydrogen (secondary N) is 2. The molecule has 0 saturated heterocycles. The average molecular weight is 336 g/mol. The van der Waals surface area contributed by atoms with Crippen LogP contribution in [0.15, 0.2) is 47.1 Å². The van der Waals surface area contributed by atoms with Crippen molar-refractivity contribution in [1.82, 2.24) is 9.97 Å². The number of benzene rings is 1. The number of furan rings is 1. The summed E-state index contributed by atoms with van der Waals surface area (Å²) in [5.74, 6) is 2.24. The fourth-order valence-electron chi connectivity index (χ4n) is 2.82. The van der Waals surface area contributed by atoms with Crippen LogP contribution in [0.1, 0.15) is 36.4 Å². The summed E-state index contributed by atoms with van der Waals surface area (Å²) in [7, 11) is 0. The fraction of sp³-hybridized carbons (Fsp3) is 0.300. The van der Waals surface area contributed by atoms with Crippen LogP contribution in [0, 0.1) is 6.92 Å². The molecule has 5 nitrogen and oxygen atoms in total. The van der Waals surface area contributed by atoms with Gasteiger partial charge in [-0.15, -0.1) is 0 Å². The van der Waals surface area contributed by atoms with E-state index in [1.165, 1.54) is 11.1 Å². The molecule has 2 aromatic heterocycles. The van der Waals surface area contributed by atoms with Crippen molar-refractivity contribution < 1.29 is 4.42 Å². The standard InChI is InChI=1S/C20H24N4O/c1-4-15-8-6-9-16(5-2)19(15)23-18-12-14(3)22-20(24-18)21-13-17-10-7-11-25-17/h6-12H,4-5,13H2,1-3H3,(H2,21,22,23,24). The molecule has 5 heteroatoms. The predicted molar refractivity (Wildman–Crippen MR) is 101 cm³/mol. The zero-order valence-electron chi connectivity index (χ0n) is 15.0. The van der Waals surface area contributed by atoms with E-state index in [9.17, 15) is 0 Å². The molecular weight excluding hydrogens is 312 g/mol. The summed E-state index contributed by atoms with van der Waals surface area (Å²) in [5.41, 5.74) is 4.65. The van der Waals surface area contributed by atoms with Gasteiger partial charge in [-0.3, -0.25) is 0 Å². The largest absolute Gasteiger partial charge is 0.467 e. The Labute approximate surface area is 148 Å². The highest BCUT2D eigenvalue weighted by Gasteiger charge is 2.09. The second-order valence-electron chi connectivity index (χ2n) is 5.93. The number of nitrogens with zero attached hydrogens (tertiary/aromatic N) is 2. The normalized spacial score (nSPS) is 10.7. The maximum Gasteiger partial charge on any atom is 0.225 e. The summed E-state index contributed by atoms with van der Waals surface area (Å²) in [6.07, 6.45) is 3.61. The minimum absolute atomic E-state index is 0.557. The summed E-state index contributed by atoms with van der Waals surface area (Å²) >= 11 is 0. The van der Waals surface area contributed by atoms with E-state index in [0.29, 0.717) is 12.5 Å². The van der Waals surface area contributed by atoms with Gasteiger partial charge < -0.3 is 15.1 Å². The number of aromatic nitrogens is 2. The molecule has 0 fully saturated rings. The van der Waals surface area contributed by atoms with Gasteiger partial charge in [-0.25, -0.2) is 4.98 Å². The molecule has 0 amide bonds. The Morgan fingerprint density at radius 2 is 1.76 bits per heavy atom. The van der Waals surface area contributed by atoms with Crippen LogP contribution in [-0.2, 0) is 19.4 Å². The van der Waals surface area contributed by atoms with Crippen molar-refractivity contribution in [3.05, 3.63) is 65.2 Å². The molecule has 3 aromatic rings. The highest BCUT2D eigenvalue weighted by Crippen LogP contribution is 2.26. The lowest BCUT2D eigenvalue weighted by Gasteiger charge is -2.16. The molecule has 0 atom stereocenters. The van der Waals surface area contributed by atoms with E-state index in [0.717, 1.165) is 35.8 Å². The van der Waals surface area contributed by atoms with Gasteiger partial charge in [0.1, 0.15) is 11.6 Å². The predicted octanol–water partition coefficient (Wildman–Crippen LogP) is 4.86. The zero-order chi connectivity index (χ0) is 17.6. The van der Waals surface area contributed by atoms with Crippen LogP contribution >= 0.6 is 0 Å². The Bertz CT molecular complexity index is 805. The summed E-state index contributed by atoms with van der Waals surface area (Å²) in [5, 5.41) is 6.72. The van der Waals surface area contributed by atoms with E-state index in [1.807, 2.05) is 25.1 Å². The number of para-hydroxylation sites is 1. The summed E-state index contributed by atoms with van der Waals surface area (Å²) < 4.78 is 5.34. The lowest BCUT2D eigenvalue weighted by molar-refractivity contribution is 0.517. The maximum absolute atomic E-state index is 5.34. The van der Waals surface area contributed by atoms with Gasteiger partial charge in [-0.2, -0.15) is 4.98 Å². The highest BCUT2D eigenvalue weighted by atomic mass is 16.3. The molecule has 0 aliphatic carbocycles. The first-order chi connectivity index (χ1) is 12.2. The molecule has 1 aromatic carbocycles. The third-order valence-electron chi connectivity index (χ3n) is 4.11. The molecule has 2 N–H and O–H groups in total. The molecule has 0 spiro atoms. The van der Waals surface area contributed by atoms with Gasteiger partial charge in [0.25, 0.3) is 0 Å². The molecule has 130 valence electrons. The Morgan fingerprint density at radius 3 is 2.40 bits per heavy atom. The van der Waals surface area contributed by atoms with Gasteiger partial charge in [0, 0.05) is 17.4 Å². The van der Waals surface area contributed by atoms with Crippen molar-refractivity contribution in [1.29, 1.82) is 0 Å². The molecule has 0 unspecified atom stereocenters. The topological polar surface area (TPSA) is 63.0 Å². The van der Waals surface area contributed by atoms with Crippen LogP contribution in [0.25, 0.3) is 0 Å². The van der Waals surface area contributed by atoms with E-state index >= 15 is 0 Å². The summed E-state index contributed by atoms with van der Waals surface area (Å²) in [6.45, 7) is 6.86. The fourth-order valence-corrected chi connectivity index (χ4v) is 2.82. The molecule has 0 saturated carbocycles. The maximum atomic E-state index is 5.34. The Balaban J connectivity index is 1.83. The van der Waals surface area contributed by atoms with E-state index in [-0.39, 0.29) is 0 Å². The molecule has 0 aliphatic heterocycles. The third kappa shape index (κ3) is 4.18. The molecule has 0 bridgehead atoms. The third-order valence-corrected chi connectivity index (χ3v) is 4.11. The van der Waals surface area contributed by atoms with Crippen molar-refractivity contribution in [2.45, 2.75) is 40.2 Å². The number of hydrogen-bond donors (Lipinski definition) is 2. The van der Waals surface area contributed by atoms with Crippen molar-refractivity contribution in [2.75, 3.05) is 10.6 Å². The molecule has 0 radical (unpaired) electrons. The van der Waals surface area contributed by atoms with Crippen molar-refractivity contribution in [3.8, 4) is 0 Å². The van der Waals surface area contributed by atoms with Gasteiger partial charge in [0.2, 0.25) is 5.95 Å². The first-order valence-electron chi connectivity index (χ1n) is 8.69. The van der Waals surface area contributed by atoms with E-state index < -0.39 is 0 Å². The zero-order valence-corrected chi connectivity index (χ0v) is 15.0. The smallest absolute Gasteiger partial charge is 0.225 e. The van der Waals surface area contributed by atoms with Gasteiger partial charge in [-0.1, -0.05) is 32.0 Å². The minimum atomic E-state index is 0.557. The van der Waals surface area contributed by atoms with Crippen LogP contribution in [0.4, 0.5) is 17.5 Å². The first-order valence-corrected chi connectivity index (χ1v) is 8.69. The highest BCUT2D eigenvalue weighted by molar-refractivity contribution is 5.66. The van der Waals surface area contributed by atoms with Gasteiger partial charge in [-0.05, 0) is 43.0 Å². The summed E-state index contributed by atoms with van der Waals surface area (Å²) in [6, 6.07) is 12.2. The van der Waals surface area contributed by atoms with Crippen LogP contribution in [0.5, 0.6) is 0 Å². The number of aryl methyl sites for hydroxylation is 3. The molecule has 3 rings (SSSR count). The number of rotatable bonds is 7. The molecule has 25 heavy (non-hydrogen) atoms. The average Bonchev–Trinajstić information content (AvgIpc) is 3.13. The molecular formula is C20H24N4O. The van der Waals surface area contributed by atoms with E-state index in [2.05, 4.69) is 52.6 Å². The Hall–Kier alpha value is -2.82. The lowest BCUT2D eigenvalue weighted by Crippen LogP contribution is -2.07. The van der Waals surface area contributed by atoms with Gasteiger partial charge >= 0.3 is 0 Å². The van der Waals surface area contributed by atoms with Crippen molar-refractivity contribution in [2.24, 2.45) is 0 Å². The van der Waals surface area contributed by atoms with E-state index in [4.69, 9.17) is 4.42 Å². The van der Waals surface area contributed by atoms with E-state index in [1.54, 1.807) is 6.26 Å². The lowest BCUT2D eigenvalue weighted by atomic mass is 10.0. The van der Waals surface area contributed by atoms with Crippen LogP contribution in [-0.4, -0.2) is 9.97 Å². The summed E-state index contributed by atoms with van der Waals surface area (Å²) in [4.78, 5) is 9.06. The van der Waals surface area contributed by atoms with Gasteiger partial charge in [0.05, 0.1) is 12.8 Å². The number of anilines is 3. The van der Waals surface area contributed by atoms with Crippen molar-refractivity contribution in [3.63, 3.8) is 0 Å². The van der Waals surface area contributed by atoms with Crippen LogP contribution in [0.2, 0.25) is 0 Å². The van der Waals surface area contributed by atoms with Crippen LogP contribution in [0.3, 0.4) is 0 Å². The minimum Gasteiger partial charge on any atom is -0.467 e. The molecule has 2 heterocycles. The Kier molecular flexibility index (Phi) is 5.33. The van der Waals surface area contributed by atoms with Crippen molar-refractivity contribution >= 4 is 17.5 Å². The monoisotopic (exact) mass is 336 g/mol. The molecule has 0 aliphatic rings. The van der Waals surface area contributed by atoms with Crippen LogP contribution < -0.4 is 10.6 Å². The first kappa shape index (κ1) is 17.0. The number of hydrogen-bond acceptors (Lipinski definition) is 5. The Morgan fingerprint density at radius 1 is 1.00 bits per heavy atom.